The molecule has 3 heterocycles. The van der Waals surface area contributed by atoms with Crippen molar-refractivity contribution in [1.29, 1.82) is 0 Å². The number of carboxylic acid groups (broad SMARTS) is 1. The van der Waals surface area contributed by atoms with Crippen molar-refractivity contribution >= 4 is 39.7 Å². The van der Waals surface area contributed by atoms with Crippen LogP contribution in [0.2, 0.25) is 0 Å². The highest BCUT2D eigenvalue weighted by molar-refractivity contribution is 7.90. The molecule has 0 spiro atoms. The van der Waals surface area contributed by atoms with Crippen LogP contribution in [0, 0.1) is 17.6 Å². The van der Waals surface area contributed by atoms with Crippen molar-refractivity contribution in [3.63, 3.8) is 0 Å². The van der Waals surface area contributed by atoms with Gasteiger partial charge in [-0.2, -0.15) is 9.28 Å². The fourth-order valence-corrected chi connectivity index (χ4v) is 6.78. The van der Waals surface area contributed by atoms with Crippen molar-refractivity contribution in [2.24, 2.45) is 11.1 Å². The number of aromatic nitrogens is 5. The molecule has 0 radical (unpaired) electrons. The van der Waals surface area contributed by atoms with Crippen molar-refractivity contribution in [1.82, 2.24) is 24.7 Å². The lowest BCUT2D eigenvalue weighted by Gasteiger charge is -2.10. The van der Waals surface area contributed by atoms with E-state index in [0.29, 0.717) is 52.1 Å². The molecule has 6 aromatic rings. The van der Waals surface area contributed by atoms with Gasteiger partial charge in [-0.05, 0) is 67.1 Å². The molecule has 9 nitrogen and oxygen atoms in total. The molecule has 1 saturated carbocycles. The summed E-state index contributed by atoms with van der Waals surface area (Å²) >= 11 is -0.00940. The van der Waals surface area contributed by atoms with Gasteiger partial charge < -0.3 is 10.1 Å². The summed E-state index contributed by atoms with van der Waals surface area (Å²) in [5.74, 6) is -1.23. The molecule has 45 heavy (non-hydrogen) atoms. The zero-order valence-corrected chi connectivity index (χ0v) is 25.6. The first kappa shape index (κ1) is 29.3. The van der Waals surface area contributed by atoms with Crippen molar-refractivity contribution in [3.8, 4) is 27.8 Å². The van der Waals surface area contributed by atoms with Crippen molar-refractivity contribution < 1.29 is 22.9 Å². The summed E-state index contributed by atoms with van der Waals surface area (Å²) in [6.07, 6.45) is 3.11. The van der Waals surface area contributed by atoms with Crippen LogP contribution >= 0.6 is 11.3 Å². The fourth-order valence-electron chi connectivity index (χ4n) is 5.37. The number of halogens is 2. The second-order valence-electron chi connectivity index (χ2n) is 10.9. The average molecular weight is 646 g/mol. The van der Waals surface area contributed by atoms with Gasteiger partial charge in [-0.25, -0.2) is 28.2 Å². The minimum absolute atomic E-state index is 0.0760. The number of aromatic amines is 1. The van der Waals surface area contributed by atoms with E-state index in [1.807, 2.05) is 30.3 Å². The highest BCUT2D eigenvalue weighted by Gasteiger charge is 2.30. The van der Waals surface area contributed by atoms with Gasteiger partial charge in [0.2, 0.25) is 10.0 Å². The van der Waals surface area contributed by atoms with Crippen LogP contribution in [-0.2, 0) is 28.4 Å². The predicted molar refractivity (Wildman–Crippen MR) is 169 cm³/mol. The molecule has 0 aliphatic heterocycles. The van der Waals surface area contributed by atoms with Crippen molar-refractivity contribution in [2.75, 3.05) is 7.11 Å². The molecule has 228 valence electrons. The first-order valence-corrected chi connectivity index (χ1v) is 16.2. The number of rotatable bonds is 10. The van der Waals surface area contributed by atoms with Crippen LogP contribution in [0.15, 0.2) is 70.9 Å². The Morgan fingerprint density at radius 2 is 1.96 bits per heavy atom. The van der Waals surface area contributed by atoms with Crippen LogP contribution in [0.1, 0.15) is 40.2 Å². The third-order valence-corrected chi connectivity index (χ3v) is 9.76. The third-order valence-electron chi connectivity index (χ3n) is 7.82. The Bertz CT molecular complexity index is 2040. The fraction of sp³-hybridized carbons (Fsp3) is 0.188. The molecule has 1 aliphatic rings. The Labute approximate surface area is 263 Å². The first-order valence-electron chi connectivity index (χ1n) is 14.2. The van der Waals surface area contributed by atoms with Crippen LogP contribution < -0.4 is 5.14 Å². The lowest BCUT2D eigenvalue weighted by atomic mass is 9.96. The number of imidazole rings is 1. The van der Waals surface area contributed by atoms with Gasteiger partial charge >= 0.3 is 5.97 Å². The molecule has 1 aliphatic carbocycles. The highest BCUT2D eigenvalue weighted by atomic mass is 32.2. The number of para-hydroxylation sites is 2. The van der Waals surface area contributed by atoms with Crippen LogP contribution in [0.3, 0.4) is 0 Å². The number of nitrogens with one attached hydrogen (secondary N) is 1. The number of benzene rings is 3. The number of aromatic carboxylic acids is 1. The monoisotopic (exact) mass is 645 g/mol. The summed E-state index contributed by atoms with van der Waals surface area (Å²) in [7, 11) is 1.43. The molecule has 0 amide bonds. The molecule has 4 N–H and O–H groups in total. The minimum Gasteiger partial charge on any atom is -0.476 e. The molecule has 13 heteroatoms. The van der Waals surface area contributed by atoms with Crippen molar-refractivity contribution in [3.05, 3.63) is 100 Å². The van der Waals surface area contributed by atoms with Gasteiger partial charge in [-0.3, -0.25) is 0 Å². The molecule has 0 bridgehead atoms. The number of nitrogens with zero attached hydrogens (tertiary/aromatic N) is 4. The number of fused-ring (bicyclic) bond motifs is 1. The Hall–Kier alpha value is -4.43. The summed E-state index contributed by atoms with van der Waals surface area (Å²) in [6.45, 7) is 0. The van der Waals surface area contributed by atoms with Gasteiger partial charge in [0.05, 0.1) is 35.1 Å². The molecule has 1 atom stereocenters. The molecule has 1 unspecified atom stereocenters. The predicted octanol–water partition coefficient (Wildman–Crippen LogP) is 6.47. The quantitative estimate of drug-likeness (QED) is 0.146. The number of hydrogen-bond acceptors (Lipinski definition) is 7. The number of carboxylic acids is 1. The summed E-state index contributed by atoms with van der Waals surface area (Å²) in [5.41, 5.74) is 5.26. The van der Waals surface area contributed by atoms with E-state index in [0.717, 1.165) is 29.6 Å². The second-order valence-corrected chi connectivity index (χ2v) is 13.1. The van der Waals surface area contributed by atoms with Gasteiger partial charge in [-0.1, -0.05) is 18.2 Å². The van der Waals surface area contributed by atoms with Crippen LogP contribution in [0.25, 0.3) is 38.8 Å². The van der Waals surface area contributed by atoms with Gasteiger partial charge in [0.15, 0.2) is 11.5 Å². The van der Waals surface area contributed by atoms with E-state index in [1.54, 1.807) is 22.9 Å². The maximum Gasteiger partial charge on any atom is 0.355 e. The lowest BCUT2D eigenvalue weighted by molar-refractivity contribution is 0.0691. The number of hydrogen-bond donors (Lipinski definition) is 3. The standard InChI is InChI=1S/C32H26F2N6O3S2/c1-43-45(35)28-11-8-18(13-23(28)34)12-21-27(14-17-6-7-17)40(32-38-26(16-44-32)31(41)42)39-29(21)19-9-10-22(33)20(15-19)30-36-24-4-2-3-5-25(24)37-30/h2-5,8-11,13,15-17H,6-7,12,14,35H2,1H3,(H-,36,37,41,42)/p+1. The average Bonchev–Trinajstić information content (AvgIpc) is 3.39. The normalized spacial score (nSPS) is 13.9. The summed E-state index contributed by atoms with van der Waals surface area (Å²) < 4.78 is 37.3. The van der Waals surface area contributed by atoms with E-state index in [1.165, 1.54) is 36.0 Å². The van der Waals surface area contributed by atoms with Gasteiger partial charge in [-0.15, -0.1) is 16.5 Å². The maximum absolute atomic E-state index is 15.3. The van der Waals surface area contributed by atoms with E-state index in [4.69, 9.17) is 14.4 Å². The molecule has 3 aromatic heterocycles. The largest absolute Gasteiger partial charge is 0.476 e. The van der Waals surface area contributed by atoms with Crippen LogP contribution in [0.4, 0.5) is 8.78 Å². The highest BCUT2D eigenvalue weighted by Crippen LogP contribution is 2.39. The van der Waals surface area contributed by atoms with Crippen LogP contribution in [0.5, 0.6) is 0 Å². The molecule has 1 fully saturated rings. The minimum atomic E-state index is -1.19. The molecule has 0 saturated heterocycles. The third kappa shape index (κ3) is 5.75. The summed E-state index contributed by atoms with van der Waals surface area (Å²) in [4.78, 5) is 24.1. The molecular weight excluding hydrogens is 619 g/mol. The molecule has 7 rings (SSSR count). The Morgan fingerprint density at radius 1 is 1.13 bits per heavy atom. The topological polar surface area (TPSA) is 132 Å². The zero-order chi connectivity index (χ0) is 31.2. The zero-order valence-electron chi connectivity index (χ0n) is 24.0. The smallest absolute Gasteiger partial charge is 0.355 e. The number of H-pyrrole nitrogens is 1. The van der Waals surface area contributed by atoms with Gasteiger partial charge in [0.25, 0.3) is 11.4 Å². The first-order chi connectivity index (χ1) is 21.8. The van der Waals surface area contributed by atoms with E-state index >= 15 is 8.78 Å². The van der Waals surface area contributed by atoms with E-state index in [-0.39, 0.29) is 16.2 Å². The Balaban J connectivity index is 1.39. The number of nitrogens with two attached hydrogens (primary N) is 1. The lowest BCUT2D eigenvalue weighted by Crippen LogP contribution is -2.17. The number of carbonyl (C=O) groups is 1. The van der Waals surface area contributed by atoms with E-state index in [9.17, 15) is 9.90 Å². The Morgan fingerprint density at radius 3 is 2.67 bits per heavy atom. The molecule has 3 aromatic carbocycles. The van der Waals surface area contributed by atoms with Crippen LogP contribution in [-0.4, -0.2) is 42.9 Å². The Kier molecular flexibility index (Phi) is 7.69. The van der Waals surface area contributed by atoms with Gasteiger partial charge in [0.1, 0.15) is 11.6 Å². The maximum atomic E-state index is 15.3. The second kappa shape index (κ2) is 11.8. The van der Waals surface area contributed by atoms with Gasteiger partial charge in [0, 0.05) is 29.0 Å². The van der Waals surface area contributed by atoms with Crippen molar-refractivity contribution in [2.45, 2.75) is 30.6 Å². The SMILES string of the molecule is CO[S+](N)c1ccc(Cc2c(-c3ccc(F)c(-c4nc5ccccc5[nH]4)c3)nn(-c3nc(C(=O)O)cs3)c2CC2CC2)cc1F. The summed E-state index contributed by atoms with van der Waals surface area (Å²) in [6, 6.07) is 17.1. The molecular formula is C32H27F2N6O3S2+. The number of thiazole rings is 1. The van der Waals surface area contributed by atoms with E-state index < -0.39 is 29.0 Å². The van der Waals surface area contributed by atoms with E-state index in [2.05, 4.69) is 15.0 Å². The summed E-state index contributed by atoms with van der Waals surface area (Å²) in [5, 5.41) is 22.3.